The van der Waals surface area contributed by atoms with Crippen LogP contribution in [0.1, 0.15) is 25.0 Å². The van der Waals surface area contributed by atoms with Crippen molar-refractivity contribution in [2.75, 3.05) is 19.1 Å². The summed E-state index contributed by atoms with van der Waals surface area (Å²) in [6, 6.07) is 3.50. The zero-order valence-corrected chi connectivity index (χ0v) is 10.9. The zero-order chi connectivity index (χ0) is 13.3. The summed E-state index contributed by atoms with van der Waals surface area (Å²) in [4.78, 5) is 25.6. The van der Waals surface area contributed by atoms with Crippen LogP contribution in [0.15, 0.2) is 16.5 Å². The Kier molecular flexibility index (Phi) is 3.15. The van der Waals surface area contributed by atoms with Gasteiger partial charge in [-0.2, -0.15) is 0 Å². The van der Waals surface area contributed by atoms with Crippen molar-refractivity contribution in [2.45, 2.75) is 26.2 Å². The fraction of sp³-hybridized carbons (Fsp3) is 0.538. The Morgan fingerprint density at radius 2 is 2.06 bits per heavy atom. The average Bonchev–Trinajstić information content (AvgIpc) is 2.72. The highest BCUT2D eigenvalue weighted by Gasteiger charge is 2.53. The van der Waals surface area contributed by atoms with Gasteiger partial charge in [0.1, 0.15) is 11.2 Å². The molecule has 0 N–H and O–H groups in total. The van der Waals surface area contributed by atoms with Gasteiger partial charge in [0.25, 0.3) is 0 Å². The van der Waals surface area contributed by atoms with Gasteiger partial charge in [-0.05, 0) is 25.8 Å². The minimum Gasteiger partial charge on any atom is -0.468 e. The van der Waals surface area contributed by atoms with E-state index in [1.807, 2.05) is 0 Å². The number of esters is 1. The third-order valence-electron chi connectivity index (χ3n) is 3.55. The molecular formula is C13H17NO4. The number of furan rings is 1. The van der Waals surface area contributed by atoms with Gasteiger partial charge in [-0.25, -0.2) is 0 Å². The summed E-state index contributed by atoms with van der Waals surface area (Å²) >= 11 is 0. The lowest BCUT2D eigenvalue weighted by molar-refractivity contribution is -0.163. The summed E-state index contributed by atoms with van der Waals surface area (Å²) in [6.07, 6.45) is 1.96. The van der Waals surface area contributed by atoms with E-state index in [0.29, 0.717) is 18.7 Å². The van der Waals surface area contributed by atoms with E-state index in [1.54, 1.807) is 26.1 Å². The second-order valence-electron chi connectivity index (χ2n) is 4.68. The Labute approximate surface area is 106 Å². The first kappa shape index (κ1) is 12.7. The number of carbonyl (C=O) groups is 2. The molecular weight excluding hydrogens is 234 g/mol. The number of amides is 1. The SMILES string of the molecule is COC(=O)C1(C(=O)N(C)c2ccc(C)o2)CCC1. The fourth-order valence-electron chi connectivity index (χ4n) is 2.25. The van der Waals surface area contributed by atoms with Crippen LogP contribution in [-0.2, 0) is 14.3 Å². The largest absolute Gasteiger partial charge is 0.468 e. The molecule has 5 heteroatoms. The van der Waals surface area contributed by atoms with Gasteiger partial charge in [0.05, 0.1) is 7.11 Å². The third kappa shape index (κ3) is 1.79. The number of rotatable bonds is 3. The summed E-state index contributed by atoms with van der Waals surface area (Å²) < 4.78 is 10.1. The maximum absolute atomic E-state index is 12.4. The summed E-state index contributed by atoms with van der Waals surface area (Å²) in [7, 11) is 2.93. The molecule has 1 aliphatic carbocycles. The molecule has 1 saturated carbocycles. The van der Waals surface area contributed by atoms with Gasteiger partial charge in [-0.1, -0.05) is 6.42 Å². The van der Waals surface area contributed by atoms with E-state index in [9.17, 15) is 9.59 Å². The highest BCUT2D eigenvalue weighted by atomic mass is 16.5. The van der Waals surface area contributed by atoms with Crippen LogP contribution in [0.25, 0.3) is 0 Å². The zero-order valence-electron chi connectivity index (χ0n) is 10.9. The molecule has 1 heterocycles. The normalized spacial score (nSPS) is 16.8. The summed E-state index contributed by atoms with van der Waals surface area (Å²) in [6.45, 7) is 1.81. The van der Waals surface area contributed by atoms with Crippen molar-refractivity contribution in [3.05, 3.63) is 17.9 Å². The molecule has 1 fully saturated rings. The van der Waals surface area contributed by atoms with E-state index in [2.05, 4.69) is 0 Å². The molecule has 5 nitrogen and oxygen atoms in total. The second-order valence-corrected chi connectivity index (χ2v) is 4.68. The van der Waals surface area contributed by atoms with Gasteiger partial charge < -0.3 is 9.15 Å². The minimum atomic E-state index is -1.01. The van der Waals surface area contributed by atoms with Crippen molar-refractivity contribution in [2.24, 2.45) is 5.41 Å². The number of hydrogen-bond donors (Lipinski definition) is 0. The number of hydrogen-bond acceptors (Lipinski definition) is 4. The van der Waals surface area contributed by atoms with Crippen LogP contribution in [0.5, 0.6) is 0 Å². The topological polar surface area (TPSA) is 59.8 Å². The van der Waals surface area contributed by atoms with Crippen LogP contribution in [0.2, 0.25) is 0 Å². The van der Waals surface area contributed by atoms with Crippen LogP contribution in [-0.4, -0.2) is 26.0 Å². The Balaban J connectivity index is 2.22. The predicted octanol–water partition coefficient (Wildman–Crippen LogP) is 1.89. The van der Waals surface area contributed by atoms with E-state index in [0.717, 1.165) is 12.2 Å². The van der Waals surface area contributed by atoms with Crippen molar-refractivity contribution < 1.29 is 18.7 Å². The van der Waals surface area contributed by atoms with Crippen LogP contribution < -0.4 is 4.90 Å². The van der Waals surface area contributed by atoms with E-state index in [1.165, 1.54) is 12.0 Å². The third-order valence-corrected chi connectivity index (χ3v) is 3.55. The lowest BCUT2D eigenvalue weighted by atomic mass is 9.67. The Bertz CT molecular complexity index is 473. The van der Waals surface area contributed by atoms with Crippen molar-refractivity contribution in [3.63, 3.8) is 0 Å². The Morgan fingerprint density at radius 1 is 1.39 bits per heavy atom. The van der Waals surface area contributed by atoms with Crippen molar-refractivity contribution >= 4 is 17.8 Å². The van der Waals surface area contributed by atoms with Gasteiger partial charge in [0.2, 0.25) is 11.8 Å². The summed E-state index contributed by atoms with van der Waals surface area (Å²) in [5, 5.41) is 0. The molecule has 0 spiro atoms. The molecule has 0 radical (unpaired) electrons. The average molecular weight is 251 g/mol. The lowest BCUT2D eigenvalue weighted by Crippen LogP contribution is -2.52. The highest BCUT2D eigenvalue weighted by Crippen LogP contribution is 2.44. The molecule has 1 aliphatic rings. The molecule has 0 atom stereocenters. The summed E-state index contributed by atoms with van der Waals surface area (Å²) in [5.41, 5.74) is -1.01. The number of aryl methyl sites for hydroxylation is 1. The highest BCUT2D eigenvalue weighted by molar-refractivity contribution is 6.10. The molecule has 98 valence electrons. The number of anilines is 1. The number of methoxy groups -OCH3 is 1. The summed E-state index contributed by atoms with van der Waals surface area (Å²) in [5.74, 6) is 0.474. The standard InChI is InChI=1S/C13H17NO4/c1-9-5-6-10(18-9)14(2)11(15)13(7-4-8-13)12(16)17-3/h5-6H,4,7-8H2,1-3H3. The molecule has 0 aromatic carbocycles. The van der Waals surface area contributed by atoms with Gasteiger partial charge in [0.15, 0.2) is 0 Å². The van der Waals surface area contributed by atoms with Crippen LogP contribution in [0.3, 0.4) is 0 Å². The quantitative estimate of drug-likeness (QED) is 0.608. The monoisotopic (exact) mass is 251 g/mol. The maximum Gasteiger partial charge on any atom is 0.321 e. The smallest absolute Gasteiger partial charge is 0.321 e. The molecule has 18 heavy (non-hydrogen) atoms. The predicted molar refractivity (Wildman–Crippen MR) is 65.2 cm³/mol. The molecule has 1 amide bonds. The van der Waals surface area contributed by atoms with Crippen LogP contribution in [0, 0.1) is 12.3 Å². The Morgan fingerprint density at radius 3 is 2.44 bits per heavy atom. The molecule has 0 unspecified atom stereocenters. The van der Waals surface area contributed by atoms with Gasteiger partial charge in [-0.3, -0.25) is 14.5 Å². The minimum absolute atomic E-state index is 0.255. The first-order valence-electron chi connectivity index (χ1n) is 5.94. The van der Waals surface area contributed by atoms with E-state index >= 15 is 0 Å². The van der Waals surface area contributed by atoms with Crippen molar-refractivity contribution in [1.29, 1.82) is 0 Å². The maximum atomic E-state index is 12.4. The lowest BCUT2D eigenvalue weighted by Gasteiger charge is -2.39. The molecule has 1 aromatic rings. The molecule has 0 bridgehead atoms. The van der Waals surface area contributed by atoms with E-state index in [-0.39, 0.29) is 5.91 Å². The molecule has 2 rings (SSSR count). The number of nitrogens with zero attached hydrogens (tertiary/aromatic N) is 1. The number of carbonyl (C=O) groups excluding carboxylic acids is 2. The molecule has 1 aromatic heterocycles. The molecule has 0 saturated heterocycles. The van der Waals surface area contributed by atoms with Crippen LogP contribution >= 0.6 is 0 Å². The molecule has 0 aliphatic heterocycles. The Hall–Kier alpha value is -1.78. The first-order chi connectivity index (χ1) is 8.51. The first-order valence-corrected chi connectivity index (χ1v) is 5.94. The van der Waals surface area contributed by atoms with Crippen molar-refractivity contribution in [1.82, 2.24) is 0 Å². The second kappa shape index (κ2) is 4.48. The van der Waals surface area contributed by atoms with Gasteiger partial charge >= 0.3 is 5.97 Å². The van der Waals surface area contributed by atoms with Gasteiger partial charge in [-0.15, -0.1) is 0 Å². The fourth-order valence-corrected chi connectivity index (χ4v) is 2.25. The number of ether oxygens (including phenoxy) is 1. The van der Waals surface area contributed by atoms with E-state index < -0.39 is 11.4 Å². The van der Waals surface area contributed by atoms with Crippen molar-refractivity contribution in [3.8, 4) is 0 Å². The van der Waals surface area contributed by atoms with E-state index in [4.69, 9.17) is 9.15 Å². The van der Waals surface area contributed by atoms with Gasteiger partial charge in [0, 0.05) is 13.1 Å². The van der Waals surface area contributed by atoms with Crippen LogP contribution in [0.4, 0.5) is 5.88 Å².